The van der Waals surface area contributed by atoms with Gasteiger partial charge in [0, 0.05) is 18.7 Å². The lowest BCUT2D eigenvalue weighted by Gasteiger charge is -2.21. The molecule has 0 saturated carbocycles. The lowest BCUT2D eigenvalue weighted by atomic mass is 10.0. The van der Waals surface area contributed by atoms with Crippen LogP contribution >= 0.6 is 0 Å². The minimum absolute atomic E-state index is 0.0309. The first-order chi connectivity index (χ1) is 12.0. The number of carbonyl (C=O) groups is 3. The molecule has 26 heavy (non-hydrogen) atoms. The molecule has 1 aromatic carbocycles. The van der Waals surface area contributed by atoms with Crippen LogP contribution < -0.4 is 15.4 Å². The number of hydrogen-bond donors (Lipinski definition) is 3. The van der Waals surface area contributed by atoms with E-state index in [1.54, 1.807) is 19.9 Å². The molecule has 0 spiro atoms. The summed E-state index contributed by atoms with van der Waals surface area (Å²) in [7, 11) is -3.92. The third kappa shape index (κ3) is 4.38. The second-order valence-electron chi connectivity index (χ2n) is 6.52. The van der Waals surface area contributed by atoms with Gasteiger partial charge in [-0.15, -0.1) is 0 Å². The number of nitrogens with two attached hydrogens (primary N) is 1. The molecule has 9 nitrogen and oxygen atoms in total. The average molecular weight is 383 g/mol. The maximum absolute atomic E-state index is 12.3. The van der Waals surface area contributed by atoms with Crippen LogP contribution in [0.3, 0.4) is 0 Å². The highest BCUT2D eigenvalue weighted by Gasteiger charge is 2.37. The van der Waals surface area contributed by atoms with Crippen LogP contribution in [0.1, 0.15) is 20.3 Å². The molecule has 1 aromatic rings. The second-order valence-corrected chi connectivity index (χ2v) is 8.08. The van der Waals surface area contributed by atoms with Gasteiger partial charge >= 0.3 is 5.97 Å². The normalized spacial score (nSPS) is 18.8. The summed E-state index contributed by atoms with van der Waals surface area (Å²) in [6.07, 6.45) is -0.0874. The Bertz CT molecular complexity index is 836. The van der Waals surface area contributed by atoms with Crippen LogP contribution in [0.25, 0.3) is 0 Å². The van der Waals surface area contributed by atoms with Crippen molar-refractivity contribution in [1.82, 2.24) is 5.32 Å². The third-order valence-corrected chi connectivity index (χ3v) is 5.10. The highest BCUT2D eigenvalue weighted by molar-refractivity contribution is 7.89. The summed E-state index contributed by atoms with van der Waals surface area (Å²) < 4.78 is 22.9. The molecule has 0 aromatic heterocycles. The van der Waals surface area contributed by atoms with Gasteiger partial charge in [-0.2, -0.15) is 0 Å². The zero-order chi connectivity index (χ0) is 19.6. The smallest absolute Gasteiger partial charge is 0.326 e. The number of primary sulfonamides is 1. The summed E-state index contributed by atoms with van der Waals surface area (Å²) in [5.74, 6) is -3.05. The number of nitrogens with one attached hydrogen (secondary N) is 1. The SMILES string of the molecule is CC(C)[C@@H](NC(=O)C1CC(=O)N(c2cccc(S(N)(=O)=O)c2)C1)C(=O)O. The van der Waals surface area contributed by atoms with Gasteiger partial charge in [-0.25, -0.2) is 18.4 Å². The standard InChI is InChI=1S/C16H21N3O6S/c1-9(2)14(16(22)23)18-15(21)10-6-13(20)19(8-10)11-4-3-5-12(7-11)26(17,24)25/h3-5,7,9-10,14H,6,8H2,1-2H3,(H,18,21)(H,22,23)(H2,17,24,25)/t10?,14-/m1/s1. The number of hydrogen-bond acceptors (Lipinski definition) is 5. The van der Waals surface area contributed by atoms with Crippen molar-refractivity contribution < 1.29 is 27.9 Å². The van der Waals surface area contributed by atoms with E-state index < -0.39 is 33.9 Å². The van der Waals surface area contributed by atoms with Gasteiger partial charge in [0.2, 0.25) is 21.8 Å². The van der Waals surface area contributed by atoms with Crippen LogP contribution in [0.4, 0.5) is 5.69 Å². The van der Waals surface area contributed by atoms with Gasteiger partial charge in [0.1, 0.15) is 6.04 Å². The zero-order valence-corrected chi connectivity index (χ0v) is 15.2. The van der Waals surface area contributed by atoms with Crippen molar-refractivity contribution in [2.75, 3.05) is 11.4 Å². The van der Waals surface area contributed by atoms with E-state index in [1.165, 1.54) is 23.1 Å². The predicted octanol–water partition coefficient (Wildman–Crippen LogP) is -0.0877. The first-order valence-corrected chi connectivity index (χ1v) is 9.51. The van der Waals surface area contributed by atoms with E-state index in [9.17, 15) is 22.8 Å². The summed E-state index contributed by atoms with van der Waals surface area (Å²) in [6, 6.07) is 4.53. The number of aliphatic carboxylic acids is 1. The second kappa shape index (κ2) is 7.42. The number of amides is 2. The molecule has 1 saturated heterocycles. The van der Waals surface area contributed by atoms with Crippen molar-refractivity contribution in [3.05, 3.63) is 24.3 Å². The minimum atomic E-state index is -3.92. The number of nitrogens with zero attached hydrogens (tertiary/aromatic N) is 1. The van der Waals surface area contributed by atoms with Crippen molar-refractivity contribution in [2.24, 2.45) is 17.0 Å². The van der Waals surface area contributed by atoms with Gasteiger partial charge in [-0.1, -0.05) is 19.9 Å². The Balaban J connectivity index is 2.16. The van der Waals surface area contributed by atoms with Crippen LogP contribution in [0, 0.1) is 11.8 Å². The maximum atomic E-state index is 12.3. The van der Waals surface area contributed by atoms with Crippen molar-refractivity contribution in [3.8, 4) is 0 Å². The minimum Gasteiger partial charge on any atom is -0.480 e. The molecule has 1 aliphatic rings. The molecular weight excluding hydrogens is 362 g/mol. The molecule has 0 radical (unpaired) electrons. The summed E-state index contributed by atoms with van der Waals surface area (Å²) >= 11 is 0. The Morgan fingerprint density at radius 1 is 1.35 bits per heavy atom. The Kier molecular flexibility index (Phi) is 5.67. The van der Waals surface area contributed by atoms with Crippen molar-refractivity contribution in [3.63, 3.8) is 0 Å². The summed E-state index contributed by atoms with van der Waals surface area (Å²) in [6.45, 7) is 3.37. The van der Waals surface area contributed by atoms with Crippen LogP contribution in [0.15, 0.2) is 29.2 Å². The van der Waals surface area contributed by atoms with E-state index in [-0.39, 0.29) is 29.7 Å². The zero-order valence-electron chi connectivity index (χ0n) is 14.4. The number of carboxylic acid groups (broad SMARTS) is 1. The Labute approximate surface area is 151 Å². The van der Waals surface area contributed by atoms with E-state index in [1.807, 2.05) is 0 Å². The van der Waals surface area contributed by atoms with E-state index in [0.29, 0.717) is 5.69 Å². The highest BCUT2D eigenvalue weighted by Crippen LogP contribution is 2.27. The topological polar surface area (TPSA) is 147 Å². The molecule has 1 heterocycles. The molecular formula is C16H21N3O6S. The van der Waals surface area contributed by atoms with Crippen LogP contribution in [0.2, 0.25) is 0 Å². The molecule has 2 rings (SSSR count). The van der Waals surface area contributed by atoms with E-state index >= 15 is 0 Å². The van der Waals surface area contributed by atoms with Gasteiger partial charge in [-0.3, -0.25) is 9.59 Å². The average Bonchev–Trinajstić information content (AvgIpc) is 2.93. The quantitative estimate of drug-likeness (QED) is 0.626. The molecule has 1 aliphatic heterocycles. The van der Waals surface area contributed by atoms with Crippen LogP contribution in [-0.2, 0) is 24.4 Å². The van der Waals surface area contributed by atoms with Gasteiger partial charge in [0.15, 0.2) is 0 Å². The number of benzene rings is 1. The molecule has 1 fully saturated rings. The number of anilines is 1. The van der Waals surface area contributed by atoms with Crippen molar-refractivity contribution in [2.45, 2.75) is 31.2 Å². The summed E-state index contributed by atoms with van der Waals surface area (Å²) in [4.78, 5) is 37.0. The molecule has 0 bridgehead atoms. The predicted molar refractivity (Wildman–Crippen MR) is 92.7 cm³/mol. The number of carboxylic acids is 1. The van der Waals surface area contributed by atoms with E-state index in [0.717, 1.165) is 0 Å². The first-order valence-electron chi connectivity index (χ1n) is 7.97. The molecule has 10 heteroatoms. The number of sulfonamides is 1. The fraction of sp³-hybridized carbons (Fsp3) is 0.438. The summed E-state index contributed by atoms with van der Waals surface area (Å²) in [5.41, 5.74) is 0.315. The van der Waals surface area contributed by atoms with Gasteiger partial charge < -0.3 is 15.3 Å². The van der Waals surface area contributed by atoms with Crippen LogP contribution in [0.5, 0.6) is 0 Å². The lowest BCUT2D eigenvalue weighted by molar-refractivity contribution is -0.143. The Hall–Kier alpha value is -2.46. The van der Waals surface area contributed by atoms with Gasteiger partial charge in [-0.05, 0) is 24.1 Å². The van der Waals surface area contributed by atoms with E-state index in [2.05, 4.69) is 5.32 Å². The molecule has 142 valence electrons. The largest absolute Gasteiger partial charge is 0.480 e. The molecule has 4 N–H and O–H groups in total. The fourth-order valence-corrected chi connectivity index (χ4v) is 3.30. The first kappa shape index (κ1) is 19.9. The lowest BCUT2D eigenvalue weighted by Crippen LogP contribution is -2.47. The molecule has 2 amide bonds. The molecule has 1 unspecified atom stereocenters. The monoisotopic (exact) mass is 383 g/mol. The van der Waals surface area contributed by atoms with E-state index in [4.69, 9.17) is 10.2 Å². The summed E-state index contributed by atoms with van der Waals surface area (Å²) in [5, 5.41) is 16.7. The Morgan fingerprint density at radius 2 is 2.00 bits per heavy atom. The fourth-order valence-electron chi connectivity index (χ4n) is 2.75. The van der Waals surface area contributed by atoms with Crippen molar-refractivity contribution >= 4 is 33.5 Å². The third-order valence-electron chi connectivity index (χ3n) is 4.18. The molecule has 0 aliphatic carbocycles. The highest BCUT2D eigenvalue weighted by atomic mass is 32.2. The number of rotatable bonds is 6. The maximum Gasteiger partial charge on any atom is 0.326 e. The Morgan fingerprint density at radius 3 is 2.54 bits per heavy atom. The molecule has 2 atom stereocenters. The van der Waals surface area contributed by atoms with Crippen molar-refractivity contribution in [1.29, 1.82) is 0 Å². The van der Waals surface area contributed by atoms with Gasteiger partial charge in [0.05, 0.1) is 10.8 Å². The number of carbonyl (C=O) groups excluding carboxylic acids is 2. The van der Waals surface area contributed by atoms with Gasteiger partial charge in [0.25, 0.3) is 0 Å². The van der Waals surface area contributed by atoms with Crippen LogP contribution in [-0.4, -0.2) is 43.9 Å².